The Balaban J connectivity index is 0.000000720. The van der Waals surface area contributed by atoms with Crippen LogP contribution in [0.3, 0.4) is 0 Å². The third-order valence-corrected chi connectivity index (χ3v) is 3.29. The molecule has 2 rings (SSSR count). The minimum atomic E-state index is 0. The van der Waals surface area contributed by atoms with Gasteiger partial charge in [0.2, 0.25) is 0 Å². The summed E-state index contributed by atoms with van der Waals surface area (Å²) in [5.41, 5.74) is 0.601. The average Bonchev–Trinajstić information content (AvgIpc) is 2.03. The molecule has 0 amide bonds. The van der Waals surface area contributed by atoms with Crippen molar-refractivity contribution >= 4 is 0 Å². The first-order valence-electron chi connectivity index (χ1n) is 4.63. The van der Waals surface area contributed by atoms with E-state index in [0.29, 0.717) is 5.41 Å². The van der Waals surface area contributed by atoms with Gasteiger partial charge in [-0.05, 0) is 37.0 Å². The van der Waals surface area contributed by atoms with Gasteiger partial charge >= 0.3 is 0 Å². The van der Waals surface area contributed by atoms with Crippen LogP contribution in [0.2, 0.25) is 0 Å². The van der Waals surface area contributed by atoms with E-state index in [-0.39, 0.29) is 7.43 Å². The van der Waals surface area contributed by atoms with Crippen LogP contribution in [0.1, 0.15) is 40.0 Å². The molecular formula is C12H20. The van der Waals surface area contributed by atoms with E-state index in [2.05, 4.69) is 31.2 Å². The summed E-state index contributed by atoms with van der Waals surface area (Å²) >= 11 is 0. The largest absolute Gasteiger partial charge is 0.0882 e. The molecule has 2 aliphatic rings. The summed E-state index contributed by atoms with van der Waals surface area (Å²) in [5.74, 6) is 0.834. The van der Waals surface area contributed by atoms with Crippen molar-refractivity contribution in [2.45, 2.75) is 40.0 Å². The van der Waals surface area contributed by atoms with Crippen molar-refractivity contribution in [3.8, 4) is 0 Å². The number of allylic oxidation sites excluding steroid dienone is 4. The van der Waals surface area contributed by atoms with Gasteiger partial charge in [-0.1, -0.05) is 38.7 Å². The lowest BCUT2D eigenvalue weighted by Gasteiger charge is -2.39. The summed E-state index contributed by atoms with van der Waals surface area (Å²) in [4.78, 5) is 0. The average molecular weight is 164 g/mol. The van der Waals surface area contributed by atoms with Crippen LogP contribution in [0, 0.1) is 11.3 Å². The molecule has 12 heavy (non-hydrogen) atoms. The van der Waals surface area contributed by atoms with Crippen molar-refractivity contribution in [2.75, 3.05) is 0 Å². The van der Waals surface area contributed by atoms with Crippen LogP contribution < -0.4 is 0 Å². The zero-order chi connectivity index (χ0) is 7.73. The van der Waals surface area contributed by atoms with Crippen LogP contribution in [0.4, 0.5) is 0 Å². The van der Waals surface area contributed by atoms with E-state index in [1.165, 1.54) is 25.7 Å². The fraction of sp³-hybridized carbons (Fsp3) is 0.667. The van der Waals surface area contributed by atoms with Gasteiger partial charge in [-0.15, -0.1) is 0 Å². The van der Waals surface area contributed by atoms with E-state index in [9.17, 15) is 0 Å². The first-order chi connectivity index (χ1) is 5.31. The van der Waals surface area contributed by atoms with Gasteiger partial charge in [-0.25, -0.2) is 0 Å². The maximum Gasteiger partial charge on any atom is -0.0142 e. The number of hydrogen-bond acceptors (Lipinski definition) is 0. The molecule has 0 bridgehead atoms. The highest BCUT2D eigenvalue weighted by Gasteiger charge is 2.33. The van der Waals surface area contributed by atoms with Crippen LogP contribution in [-0.4, -0.2) is 0 Å². The summed E-state index contributed by atoms with van der Waals surface area (Å²) in [6.07, 6.45) is 14.7. The van der Waals surface area contributed by atoms with Crippen molar-refractivity contribution in [3.05, 3.63) is 24.3 Å². The quantitative estimate of drug-likeness (QED) is 0.476. The molecule has 2 aliphatic carbocycles. The Bertz CT molecular complexity index is 200. The zero-order valence-electron chi connectivity index (χ0n) is 7.22. The van der Waals surface area contributed by atoms with Gasteiger partial charge in [0, 0.05) is 0 Å². The molecular weight excluding hydrogens is 144 g/mol. The van der Waals surface area contributed by atoms with Gasteiger partial charge in [-0.3, -0.25) is 0 Å². The predicted octanol–water partition coefficient (Wildman–Crippen LogP) is 3.95. The molecule has 0 fully saturated rings. The highest BCUT2D eigenvalue weighted by molar-refractivity contribution is 5.10. The Kier molecular flexibility index (Phi) is 2.76. The van der Waals surface area contributed by atoms with Crippen LogP contribution in [0.5, 0.6) is 0 Å². The van der Waals surface area contributed by atoms with Crippen LogP contribution >= 0.6 is 0 Å². The summed E-state index contributed by atoms with van der Waals surface area (Å²) < 4.78 is 0. The van der Waals surface area contributed by atoms with E-state index >= 15 is 0 Å². The molecule has 0 heteroatoms. The second-order valence-electron chi connectivity index (χ2n) is 4.14. The predicted molar refractivity (Wildman–Crippen MR) is 55.1 cm³/mol. The Labute approximate surface area is 76.4 Å². The van der Waals surface area contributed by atoms with Crippen molar-refractivity contribution in [1.29, 1.82) is 0 Å². The highest BCUT2D eigenvalue weighted by atomic mass is 14.4. The van der Waals surface area contributed by atoms with Gasteiger partial charge in [0.15, 0.2) is 0 Å². The molecule has 2 unspecified atom stereocenters. The standard InChI is InChI=1S/C11H16.CH4/c1-11-8-4-2-6-10(11)7-3-5-9-11;/h2-4,7,10H,5-6,8-9H2,1H3;1H4. The smallest absolute Gasteiger partial charge is 0.0142 e. The second kappa shape index (κ2) is 3.47. The molecule has 0 aromatic rings. The number of rotatable bonds is 0. The first-order valence-corrected chi connectivity index (χ1v) is 4.63. The molecule has 0 spiro atoms. The molecule has 0 N–H and O–H groups in total. The Hall–Kier alpha value is -0.520. The van der Waals surface area contributed by atoms with E-state index in [1.807, 2.05) is 0 Å². The topological polar surface area (TPSA) is 0 Å². The molecule has 0 aromatic heterocycles. The number of fused-ring (bicyclic) bond motifs is 1. The molecule has 0 aromatic carbocycles. The van der Waals surface area contributed by atoms with Gasteiger partial charge in [-0.2, -0.15) is 0 Å². The van der Waals surface area contributed by atoms with Crippen molar-refractivity contribution in [3.63, 3.8) is 0 Å². The van der Waals surface area contributed by atoms with Crippen molar-refractivity contribution in [2.24, 2.45) is 11.3 Å². The highest BCUT2D eigenvalue weighted by Crippen LogP contribution is 2.44. The molecule has 0 heterocycles. The normalized spacial score (nSPS) is 38.6. The van der Waals surface area contributed by atoms with E-state index < -0.39 is 0 Å². The third kappa shape index (κ3) is 1.48. The Morgan fingerprint density at radius 1 is 1.25 bits per heavy atom. The van der Waals surface area contributed by atoms with Gasteiger partial charge < -0.3 is 0 Å². The number of hydrogen-bond donors (Lipinski definition) is 0. The summed E-state index contributed by atoms with van der Waals surface area (Å²) in [6, 6.07) is 0. The van der Waals surface area contributed by atoms with Gasteiger partial charge in [0.1, 0.15) is 0 Å². The second-order valence-corrected chi connectivity index (χ2v) is 4.14. The molecule has 0 aliphatic heterocycles. The summed E-state index contributed by atoms with van der Waals surface area (Å²) in [6.45, 7) is 2.44. The van der Waals surface area contributed by atoms with E-state index in [4.69, 9.17) is 0 Å². The van der Waals surface area contributed by atoms with E-state index in [0.717, 1.165) is 5.92 Å². The van der Waals surface area contributed by atoms with Gasteiger partial charge in [0.05, 0.1) is 0 Å². The summed E-state index contributed by atoms with van der Waals surface area (Å²) in [5, 5.41) is 0. The van der Waals surface area contributed by atoms with Crippen LogP contribution in [0.25, 0.3) is 0 Å². The van der Waals surface area contributed by atoms with Crippen molar-refractivity contribution < 1.29 is 0 Å². The minimum Gasteiger partial charge on any atom is -0.0882 e. The van der Waals surface area contributed by atoms with E-state index in [1.54, 1.807) is 0 Å². The lowest BCUT2D eigenvalue weighted by molar-refractivity contribution is 0.193. The SMILES string of the molecule is C.CC12CC=CCC1C=CCC2. The maximum absolute atomic E-state index is 2.44. The van der Waals surface area contributed by atoms with Crippen LogP contribution in [0.15, 0.2) is 24.3 Å². The molecule has 0 nitrogen and oxygen atoms in total. The Morgan fingerprint density at radius 3 is 2.83 bits per heavy atom. The maximum atomic E-state index is 2.44. The van der Waals surface area contributed by atoms with Crippen molar-refractivity contribution in [1.82, 2.24) is 0 Å². The fourth-order valence-electron chi connectivity index (χ4n) is 2.30. The monoisotopic (exact) mass is 164 g/mol. The fourth-order valence-corrected chi connectivity index (χ4v) is 2.30. The molecule has 0 saturated carbocycles. The molecule has 0 saturated heterocycles. The van der Waals surface area contributed by atoms with Crippen LogP contribution in [-0.2, 0) is 0 Å². The molecule has 0 radical (unpaired) electrons. The lowest BCUT2D eigenvalue weighted by atomic mass is 9.65. The zero-order valence-corrected chi connectivity index (χ0v) is 7.22. The molecule has 68 valence electrons. The lowest BCUT2D eigenvalue weighted by Crippen LogP contribution is -2.29. The summed E-state index contributed by atoms with van der Waals surface area (Å²) in [7, 11) is 0. The first kappa shape index (κ1) is 9.57. The minimum absolute atomic E-state index is 0. The molecule has 2 atom stereocenters. The Morgan fingerprint density at radius 2 is 2.08 bits per heavy atom. The third-order valence-electron chi connectivity index (χ3n) is 3.29. The van der Waals surface area contributed by atoms with Gasteiger partial charge in [0.25, 0.3) is 0 Å².